The third-order valence-electron chi connectivity index (χ3n) is 3.91. The molecule has 0 spiro atoms. The summed E-state index contributed by atoms with van der Waals surface area (Å²) in [5.41, 5.74) is 6.79. The Kier molecular flexibility index (Phi) is 3.41. The van der Waals surface area contributed by atoms with Gasteiger partial charge in [-0.1, -0.05) is 0 Å². The molecule has 3 N–H and O–H groups in total. The minimum atomic E-state index is 0.280. The Morgan fingerprint density at radius 3 is 3.28 bits per heavy atom. The van der Waals surface area contributed by atoms with Crippen LogP contribution in [0.25, 0.3) is 0 Å². The zero-order chi connectivity index (χ0) is 12.5. The summed E-state index contributed by atoms with van der Waals surface area (Å²) in [7, 11) is 0. The number of hydrogen-bond acceptors (Lipinski definition) is 6. The molecule has 0 saturated carbocycles. The molecule has 2 aliphatic rings. The van der Waals surface area contributed by atoms with Crippen LogP contribution in [0.2, 0.25) is 0 Å². The van der Waals surface area contributed by atoms with Crippen LogP contribution in [-0.2, 0) is 4.74 Å². The predicted molar refractivity (Wildman–Crippen MR) is 74.1 cm³/mol. The highest BCUT2D eigenvalue weighted by molar-refractivity contribution is 7.10. The lowest BCUT2D eigenvalue weighted by Crippen LogP contribution is -2.48. The summed E-state index contributed by atoms with van der Waals surface area (Å²) in [5.74, 6) is 0.631. The Morgan fingerprint density at radius 2 is 2.50 bits per heavy atom. The van der Waals surface area contributed by atoms with Gasteiger partial charge >= 0.3 is 0 Å². The molecular weight excluding hydrogens is 248 g/mol. The van der Waals surface area contributed by atoms with E-state index in [4.69, 9.17) is 10.5 Å². The van der Waals surface area contributed by atoms with Gasteiger partial charge in [0.1, 0.15) is 10.8 Å². The minimum absolute atomic E-state index is 0.280. The molecule has 0 aliphatic carbocycles. The lowest BCUT2D eigenvalue weighted by Gasteiger charge is -2.35. The fourth-order valence-electron chi connectivity index (χ4n) is 2.73. The maximum atomic E-state index is 5.91. The van der Waals surface area contributed by atoms with E-state index >= 15 is 0 Å². The number of hydrogen-bond donors (Lipinski definition) is 2. The number of nitrogens with zero attached hydrogens (tertiary/aromatic N) is 2. The van der Waals surface area contributed by atoms with Crippen LogP contribution < -0.4 is 11.1 Å². The van der Waals surface area contributed by atoms with Crippen molar-refractivity contribution in [1.29, 1.82) is 0 Å². The Hall–Kier alpha value is -0.850. The fourth-order valence-corrected chi connectivity index (χ4v) is 3.44. The van der Waals surface area contributed by atoms with Crippen LogP contribution in [0.15, 0.2) is 0 Å². The van der Waals surface area contributed by atoms with Gasteiger partial charge in [0.05, 0.1) is 12.7 Å². The van der Waals surface area contributed by atoms with E-state index in [1.165, 1.54) is 30.9 Å². The van der Waals surface area contributed by atoms with E-state index in [-0.39, 0.29) is 6.10 Å². The van der Waals surface area contributed by atoms with E-state index in [0.717, 1.165) is 30.3 Å². The highest BCUT2D eigenvalue weighted by Crippen LogP contribution is 2.26. The molecule has 2 fully saturated rings. The van der Waals surface area contributed by atoms with Crippen LogP contribution in [0, 0.1) is 6.92 Å². The standard InChI is InChI=1S/C12H20N4OS/c1-8-11(13)15-18-12(8)14-5-10-6-16-4-2-3-9(16)7-17-10/h9-10,14H,2-7H2,1H3,(H2,13,15). The summed E-state index contributed by atoms with van der Waals surface area (Å²) in [6, 6.07) is 0.669. The normalized spacial score (nSPS) is 28.3. The summed E-state index contributed by atoms with van der Waals surface area (Å²) >= 11 is 1.43. The number of nitrogens with one attached hydrogen (secondary N) is 1. The van der Waals surface area contributed by atoms with Crippen molar-refractivity contribution in [2.45, 2.75) is 31.9 Å². The van der Waals surface area contributed by atoms with Gasteiger partial charge in [0.15, 0.2) is 0 Å². The number of morpholine rings is 1. The number of rotatable bonds is 3. The lowest BCUT2D eigenvalue weighted by atomic mass is 10.2. The fraction of sp³-hybridized carbons (Fsp3) is 0.750. The smallest absolute Gasteiger partial charge is 0.142 e. The number of nitrogen functional groups attached to an aromatic ring is 1. The van der Waals surface area contributed by atoms with Crippen molar-refractivity contribution in [2.24, 2.45) is 0 Å². The van der Waals surface area contributed by atoms with Crippen LogP contribution in [0.4, 0.5) is 10.8 Å². The van der Waals surface area contributed by atoms with Gasteiger partial charge in [0, 0.05) is 24.7 Å². The molecule has 0 radical (unpaired) electrons. The van der Waals surface area contributed by atoms with Gasteiger partial charge in [-0.2, -0.15) is 4.37 Å². The second-order valence-corrected chi connectivity index (χ2v) is 5.92. The van der Waals surface area contributed by atoms with Crippen LogP contribution in [0.3, 0.4) is 0 Å². The quantitative estimate of drug-likeness (QED) is 0.865. The lowest BCUT2D eigenvalue weighted by molar-refractivity contribution is -0.0415. The first kappa shape index (κ1) is 12.2. The largest absolute Gasteiger partial charge is 0.383 e. The van der Waals surface area contributed by atoms with Crippen molar-refractivity contribution in [3.63, 3.8) is 0 Å². The molecule has 18 heavy (non-hydrogen) atoms. The molecule has 3 heterocycles. The first-order valence-electron chi connectivity index (χ1n) is 6.55. The third kappa shape index (κ3) is 2.32. The molecule has 1 aromatic rings. The summed E-state index contributed by atoms with van der Waals surface area (Å²) < 4.78 is 10.0. The van der Waals surface area contributed by atoms with Crippen LogP contribution in [-0.4, -0.2) is 47.7 Å². The summed E-state index contributed by atoms with van der Waals surface area (Å²) in [4.78, 5) is 2.56. The van der Waals surface area contributed by atoms with E-state index in [2.05, 4.69) is 14.6 Å². The van der Waals surface area contributed by atoms with Crippen LogP contribution in [0.1, 0.15) is 18.4 Å². The number of aromatic nitrogens is 1. The van der Waals surface area contributed by atoms with E-state index < -0.39 is 0 Å². The van der Waals surface area contributed by atoms with Crippen molar-refractivity contribution in [2.75, 3.05) is 37.3 Å². The van der Waals surface area contributed by atoms with Gasteiger partial charge in [-0.05, 0) is 37.8 Å². The molecule has 2 saturated heterocycles. The van der Waals surface area contributed by atoms with E-state index in [1.54, 1.807) is 0 Å². The number of anilines is 2. The molecule has 6 heteroatoms. The maximum absolute atomic E-state index is 5.91. The second-order valence-electron chi connectivity index (χ2n) is 5.15. The highest BCUT2D eigenvalue weighted by Gasteiger charge is 2.32. The Labute approximate surface area is 111 Å². The summed E-state index contributed by atoms with van der Waals surface area (Å²) in [6.07, 6.45) is 2.89. The summed E-state index contributed by atoms with van der Waals surface area (Å²) in [6.45, 7) is 6.00. The average molecular weight is 268 g/mol. The molecule has 100 valence electrons. The van der Waals surface area contributed by atoms with Gasteiger partial charge in [-0.25, -0.2) is 0 Å². The van der Waals surface area contributed by atoms with Crippen LogP contribution in [0.5, 0.6) is 0 Å². The first-order chi connectivity index (χ1) is 8.74. The average Bonchev–Trinajstić information content (AvgIpc) is 2.96. The Morgan fingerprint density at radius 1 is 1.61 bits per heavy atom. The molecular formula is C12H20N4OS. The molecule has 3 rings (SSSR count). The predicted octanol–water partition coefficient (Wildman–Crippen LogP) is 1.31. The third-order valence-corrected chi connectivity index (χ3v) is 4.83. The molecule has 1 aromatic heterocycles. The van der Waals surface area contributed by atoms with Gasteiger partial charge in [-0.3, -0.25) is 4.90 Å². The SMILES string of the molecule is Cc1c(N)nsc1NCC1CN2CCCC2CO1. The van der Waals surface area contributed by atoms with E-state index in [0.29, 0.717) is 11.9 Å². The topological polar surface area (TPSA) is 63.4 Å². The molecule has 2 unspecified atom stereocenters. The number of fused-ring (bicyclic) bond motifs is 1. The zero-order valence-electron chi connectivity index (χ0n) is 10.7. The monoisotopic (exact) mass is 268 g/mol. The second kappa shape index (κ2) is 5.03. The molecule has 0 bridgehead atoms. The Bertz CT molecular complexity index is 422. The van der Waals surface area contributed by atoms with Crippen molar-refractivity contribution < 1.29 is 4.74 Å². The maximum Gasteiger partial charge on any atom is 0.142 e. The minimum Gasteiger partial charge on any atom is -0.383 e. The molecule has 0 aromatic carbocycles. The van der Waals surface area contributed by atoms with Crippen LogP contribution >= 0.6 is 11.5 Å². The van der Waals surface area contributed by atoms with Crippen molar-refractivity contribution in [3.05, 3.63) is 5.56 Å². The van der Waals surface area contributed by atoms with Crippen molar-refractivity contribution >= 4 is 22.4 Å². The van der Waals surface area contributed by atoms with E-state index in [1.807, 2.05) is 6.92 Å². The van der Waals surface area contributed by atoms with Crippen molar-refractivity contribution in [3.8, 4) is 0 Å². The summed E-state index contributed by atoms with van der Waals surface area (Å²) in [5, 5.41) is 4.48. The molecule has 2 aliphatic heterocycles. The van der Waals surface area contributed by atoms with Gasteiger partial charge in [0.2, 0.25) is 0 Å². The number of nitrogens with two attached hydrogens (primary N) is 1. The van der Waals surface area contributed by atoms with Gasteiger partial charge in [-0.15, -0.1) is 0 Å². The molecule has 5 nitrogen and oxygen atoms in total. The zero-order valence-corrected chi connectivity index (χ0v) is 11.5. The van der Waals surface area contributed by atoms with E-state index in [9.17, 15) is 0 Å². The highest BCUT2D eigenvalue weighted by atomic mass is 32.1. The van der Waals surface area contributed by atoms with Gasteiger partial charge < -0.3 is 15.8 Å². The Balaban J connectivity index is 1.53. The number of ether oxygens (including phenoxy) is 1. The first-order valence-corrected chi connectivity index (χ1v) is 7.32. The molecule has 0 amide bonds. The molecule has 2 atom stereocenters. The van der Waals surface area contributed by atoms with Gasteiger partial charge in [0.25, 0.3) is 0 Å². The van der Waals surface area contributed by atoms with Crippen molar-refractivity contribution in [1.82, 2.24) is 9.27 Å².